The Balaban J connectivity index is 1.53. The average Bonchev–Trinajstić information content (AvgIpc) is 3.35. The first-order valence-electron chi connectivity index (χ1n) is 12.4. The van der Waals surface area contributed by atoms with Crippen molar-refractivity contribution in [3.05, 3.63) is 62.8 Å². The molecule has 3 aliphatic heterocycles. The van der Waals surface area contributed by atoms with Crippen molar-refractivity contribution in [1.29, 1.82) is 0 Å². The molecule has 0 aliphatic carbocycles. The van der Waals surface area contributed by atoms with E-state index in [9.17, 15) is 27.6 Å². The largest absolute Gasteiger partial charge is 0.487 e. The van der Waals surface area contributed by atoms with Gasteiger partial charge in [-0.15, -0.1) is 0 Å². The Labute approximate surface area is 206 Å². The Hall–Kier alpha value is -3.30. The van der Waals surface area contributed by atoms with Gasteiger partial charge in [0.1, 0.15) is 23.0 Å². The molecule has 2 bridgehead atoms. The molecule has 192 valence electrons. The molecule has 3 aliphatic rings. The van der Waals surface area contributed by atoms with E-state index in [-0.39, 0.29) is 41.1 Å². The van der Waals surface area contributed by atoms with Gasteiger partial charge < -0.3 is 19.5 Å². The average molecular weight is 504 g/mol. The molecule has 2 amide bonds. The van der Waals surface area contributed by atoms with Crippen LogP contribution in [0.4, 0.5) is 13.2 Å². The fourth-order valence-electron chi connectivity index (χ4n) is 5.98. The summed E-state index contributed by atoms with van der Waals surface area (Å²) in [6.07, 6.45) is 6.30. The summed E-state index contributed by atoms with van der Waals surface area (Å²) in [5.41, 5.74) is -1.76. The summed E-state index contributed by atoms with van der Waals surface area (Å²) in [6.45, 7) is 3.94. The quantitative estimate of drug-likeness (QED) is 0.578. The molecule has 5 rings (SSSR count). The van der Waals surface area contributed by atoms with Crippen molar-refractivity contribution in [2.24, 2.45) is 0 Å². The third kappa shape index (κ3) is 3.77. The summed E-state index contributed by atoms with van der Waals surface area (Å²) in [4.78, 5) is 42.1. The van der Waals surface area contributed by atoms with Crippen molar-refractivity contribution in [3.63, 3.8) is 0 Å². The second-order valence-electron chi connectivity index (χ2n) is 9.99. The molecule has 0 unspecified atom stereocenters. The number of halogens is 3. The summed E-state index contributed by atoms with van der Waals surface area (Å²) >= 11 is 0. The number of hydrogen-bond donors (Lipinski definition) is 1. The van der Waals surface area contributed by atoms with Crippen molar-refractivity contribution in [3.8, 4) is 5.75 Å². The zero-order valence-electron chi connectivity index (χ0n) is 20.2. The van der Waals surface area contributed by atoms with Crippen LogP contribution in [0.3, 0.4) is 0 Å². The van der Waals surface area contributed by atoms with Gasteiger partial charge in [0.25, 0.3) is 11.8 Å². The number of amides is 2. The molecule has 0 radical (unpaired) electrons. The van der Waals surface area contributed by atoms with Crippen LogP contribution in [0.2, 0.25) is 0 Å². The van der Waals surface area contributed by atoms with Crippen LogP contribution in [0, 0.1) is 17.5 Å². The van der Waals surface area contributed by atoms with E-state index in [1.165, 1.54) is 13.1 Å². The van der Waals surface area contributed by atoms with Crippen LogP contribution in [0.5, 0.6) is 5.75 Å². The lowest BCUT2D eigenvalue weighted by molar-refractivity contribution is 0.0487. The molecule has 2 fully saturated rings. The smallest absolute Gasteiger partial charge is 0.275 e. The third-order valence-electron chi connectivity index (χ3n) is 7.70. The highest BCUT2D eigenvalue weighted by Crippen LogP contribution is 2.50. The molecule has 0 saturated carbocycles. The lowest BCUT2D eigenvalue weighted by atomic mass is 9.86. The minimum atomic E-state index is -1.19. The zero-order valence-corrected chi connectivity index (χ0v) is 20.2. The maximum atomic E-state index is 14.2. The molecular weight excluding hydrogens is 475 g/mol. The molecule has 1 atom stereocenters. The number of aromatic nitrogens is 1. The molecule has 2 aromatic rings. The Morgan fingerprint density at radius 3 is 2.50 bits per heavy atom. The number of fused-ring (bicyclic) bond motifs is 1. The van der Waals surface area contributed by atoms with Gasteiger partial charge in [0, 0.05) is 36.5 Å². The van der Waals surface area contributed by atoms with E-state index in [2.05, 4.69) is 5.32 Å². The van der Waals surface area contributed by atoms with Gasteiger partial charge in [-0.3, -0.25) is 14.4 Å². The predicted octanol–water partition coefficient (Wildman–Crippen LogP) is 4.09. The van der Waals surface area contributed by atoms with Gasteiger partial charge in [0.15, 0.2) is 11.4 Å². The number of rotatable bonds is 7. The van der Waals surface area contributed by atoms with Gasteiger partial charge in [0.05, 0.1) is 18.2 Å². The zero-order chi connectivity index (χ0) is 25.8. The number of unbranched alkanes of at least 4 members (excludes halogenated alkanes) is 1. The van der Waals surface area contributed by atoms with Crippen LogP contribution in [0.1, 0.15) is 84.8 Å². The summed E-state index contributed by atoms with van der Waals surface area (Å²) in [5.74, 6) is -4.67. The van der Waals surface area contributed by atoms with E-state index in [0.29, 0.717) is 25.1 Å². The number of ether oxygens (including phenoxy) is 1. The molecule has 1 aromatic carbocycles. The van der Waals surface area contributed by atoms with Gasteiger partial charge in [-0.2, -0.15) is 0 Å². The number of carbonyl (C=O) groups excluding carboxylic acids is 2. The second kappa shape index (κ2) is 8.97. The molecule has 0 spiro atoms. The highest BCUT2D eigenvalue weighted by Gasteiger charge is 2.57. The molecule has 10 heteroatoms. The lowest BCUT2D eigenvalue weighted by Gasteiger charge is -2.41. The molecule has 1 N–H and O–H groups in total. The van der Waals surface area contributed by atoms with Gasteiger partial charge in [-0.1, -0.05) is 13.3 Å². The highest BCUT2D eigenvalue weighted by molar-refractivity contribution is 6.00. The van der Waals surface area contributed by atoms with Crippen molar-refractivity contribution < 1.29 is 27.5 Å². The topological polar surface area (TPSA) is 80.6 Å². The Bertz CT molecular complexity index is 1280. The molecular formula is C26H28F3N3O4. The predicted molar refractivity (Wildman–Crippen MR) is 124 cm³/mol. The van der Waals surface area contributed by atoms with Crippen LogP contribution in [-0.2, 0) is 6.54 Å². The second-order valence-corrected chi connectivity index (χ2v) is 9.99. The Morgan fingerprint density at radius 1 is 1.19 bits per heavy atom. The van der Waals surface area contributed by atoms with E-state index < -0.39 is 40.4 Å². The minimum absolute atomic E-state index is 0.140. The van der Waals surface area contributed by atoms with Crippen LogP contribution in [0.25, 0.3) is 0 Å². The Morgan fingerprint density at radius 2 is 1.86 bits per heavy atom. The van der Waals surface area contributed by atoms with Crippen LogP contribution >= 0.6 is 0 Å². The van der Waals surface area contributed by atoms with E-state index in [1.54, 1.807) is 4.57 Å². The number of carbonyl (C=O) groups is 2. The summed E-state index contributed by atoms with van der Waals surface area (Å²) in [6, 6.07) is 0.0156. The SMILES string of the molecule is CCCCOc1c2n(cc(C(=O)N[C@H](C)c3c(F)cc(F)cc3F)c1=O)CC13CCC(CC1)N3C2=O. The van der Waals surface area contributed by atoms with E-state index in [0.717, 1.165) is 32.1 Å². The highest BCUT2D eigenvalue weighted by atomic mass is 19.1. The van der Waals surface area contributed by atoms with E-state index in [1.807, 2.05) is 11.8 Å². The normalized spacial score (nSPS) is 22.9. The van der Waals surface area contributed by atoms with Gasteiger partial charge in [-0.25, -0.2) is 13.2 Å². The fourth-order valence-corrected chi connectivity index (χ4v) is 5.98. The first kappa shape index (κ1) is 24.4. The fraction of sp³-hybridized carbons (Fsp3) is 0.500. The first-order valence-corrected chi connectivity index (χ1v) is 12.4. The van der Waals surface area contributed by atoms with Crippen LogP contribution < -0.4 is 15.5 Å². The molecule has 36 heavy (non-hydrogen) atoms. The van der Waals surface area contributed by atoms with Crippen LogP contribution in [-0.4, -0.2) is 39.5 Å². The first-order chi connectivity index (χ1) is 17.2. The van der Waals surface area contributed by atoms with E-state index >= 15 is 0 Å². The molecule has 4 heterocycles. The van der Waals surface area contributed by atoms with Crippen molar-refractivity contribution in [1.82, 2.24) is 14.8 Å². The summed E-state index contributed by atoms with van der Waals surface area (Å²) < 4.78 is 49.2. The molecule has 1 aromatic heterocycles. The maximum absolute atomic E-state index is 14.2. The standard InChI is InChI=1S/C26H28F3N3O4/c1-3-4-9-36-23-21-25(35)32-16-5-7-26(32,8-6-16)13-31(21)12-17(22(23)33)24(34)30-14(2)20-18(28)10-15(27)11-19(20)29/h10-12,14,16H,3-9,13H2,1-2H3,(H,30,34)/t14-,16?,26?/m1/s1. The summed E-state index contributed by atoms with van der Waals surface area (Å²) in [7, 11) is 0. The van der Waals surface area contributed by atoms with Crippen molar-refractivity contribution in [2.45, 2.75) is 76.5 Å². The molecule has 2 saturated heterocycles. The monoisotopic (exact) mass is 503 g/mol. The lowest BCUT2D eigenvalue weighted by Crippen LogP contribution is -2.53. The maximum Gasteiger partial charge on any atom is 0.275 e. The summed E-state index contributed by atoms with van der Waals surface area (Å²) in [5, 5.41) is 2.44. The van der Waals surface area contributed by atoms with Crippen LogP contribution in [0.15, 0.2) is 23.1 Å². The third-order valence-corrected chi connectivity index (χ3v) is 7.70. The number of hydrogen-bond acceptors (Lipinski definition) is 4. The molecule has 7 nitrogen and oxygen atoms in total. The number of benzene rings is 1. The number of pyridine rings is 1. The number of nitrogens with zero attached hydrogens (tertiary/aromatic N) is 2. The van der Waals surface area contributed by atoms with Gasteiger partial charge in [0.2, 0.25) is 5.43 Å². The van der Waals surface area contributed by atoms with E-state index in [4.69, 9.17) is 4.74 Å². The minimum Gasteiger partial charge on any atom is -0.487 e. The van der Waals surface area contributed by atoms with Crippen molar-refractivity contribution >= 4 is 11.8 Å². The van der Waals surface area contributed by atoms with Gasteiger partial charge in [-0.05, 0) is 39.0 Å². The van der Waals surface area contributed by atoms with Crippen molar-refractivity contribution in [2.75, 3.05) is 6.61 Å². The Kier molecular flexibility index (Phi) is 6.08. The number of nitrogens with one attached hydrogen (secondary N) is 1. The van der Waals surface area contributed by atoms with Gasteiger partial charge >= 0.3 is 0 Å².